The Balaban J connectivity index is 1.65. The van der Waals surface area contributed by atoms with Gasteiger partial charge in [-0.1, -0.05) is 47.4 Å². The first kappa shape index (κ1) is 28.8. The first-order chi connectivity index (χ1) is 17.8. The molecule has 3 aromatic rings. The van der Waals surface area contributed by atoms with Gasteiger partial charge in [0.05, 0.1) is 36.2 Å². The summed E-state index contributed by atoms with van der Waals surface area (Å²) in [7, 11) is -8.73. The van der Waals surface area contributed by atoms with Crippen molar-refractivity contribution in [2.24, 2.45) is 0 Å². The highest BCUT2D eigenvalue weighted by molar-refractivity contribution is 8.03. The summed E-state index contributed by atoms with van der Waals surface area (Å²) in [6.45, 7) is 5.61. The van der Waals surface area contributed by atoms with E-state index in [9.17, 15) is 25.9 Å². The lowest BCUT2D eigenvalue weighted by molar-refractivity contribution is -0.669. The maximum atomic E-state index is 11.4. The molecular weight excluding hydrogens is 565 g/mol. The minimum absolute atomic E-state index is 0.206. The number of para-hydroxylation sites is 2. The van der Waals surface area contributed by atoms with Crippen molar-refractivity contribution in [3.63, 3.8) is 0 Å². The molecule has 8 nitrogen and oxygen atoms in total. The summed E-state index contributed by atoms with van der Waals surface area (Å²) in [6, 6.07) is 15.7. The second-order valence-electron chi connectivity index (χ2n) is 9.34. The van der Waals surface area contributed by atoms with Gasteiger partial charge in [-0.15, -0.1) is 0 Å². The lowest BCUT2D eigenvalue weighted by atomic mass is 10.2. The van der Waals surface area contributed by atoms with Gasteiger partial charge < -0.3 is 14.0 Å². The molecule has 0 N–H and O–H groups in total. The average molecular weight is 594 g/mol. The van der Waals surface area contributed by atoms with E-state index in [0.717, 1.165) is 36.4 Å². The molecule has 1 aromatic heterocycles. The zero-order valence-electron chi connectivity index (χ0n) is 21.2. The first-order valence-electron chi connectivity index (χ1n) is 12.1. The molecule has 0 spiro atoms. The number of aryl methyl sites for hydroxylation is 1. The van der Waals surface area contributed by atoms with Gasteiger partial charge in [-0.05, 0) is 57.0 Å². The number of thiazole rings is 1. The van der Waals surface area contributed by atoms with Gasteiger partial charge >= 0.3 is 0 Å². The molecule has 38 heavy (non-hydrogen) atoms. The van der Waals surface area contributed by atoms with Crippen LogP contribution in [0.5, 0.6) is 0 Å². The number of anilines is 1. The molecule has 0 saturated carbocycles. The SMILES string of the molecule is CC(/C=C1\Sc2ccccc2N1CCC(C)S(=O)(=O)[O-])=C\c1sc2ccccc2[n+]1CCC(C)S(=O)(=O)[O-]. The number of allylic oxidation sites excluding steroid dienone is 2. The predicted octanol–water partition coefficient (Wildman–Crippen LogP) is 4.69. The third-order valence-electron chi connectivity index (χ3n) is 6.48. The lowest BCUT2D eigenvalue weighted by Gasteiger charge is -2.23. The van der Waals surface area contributed by atoms with Crippen LogP contribution in [0.3, 0.4) is 0 Å². The Labute approximate surface area is 232 Å². The van der Waals surface area contributed by atoms with Crippen molar-refractivity contribution in [3.05, 3.63) is 70.2 Å². The summed E-state index contributed by atoms with van der Waals surface area (Å²) >= 11 is 3.16. The molecule has 0 fully saturated rings. The number of rotatable bonds is 10. The van der Waals surface area contributed by atoms with Crippen LogP contribution in [-0.4, -0.2) is 43.0 Å². The quantitative estimate of drug-likeness (QED) is 0.245. The molecule has 0 saturated heterocycles. The van der Waals surface area contributed by atoms with Gasteiger partial charge in [0.15, 0.2) is 6.54 Å². The van der Waals surface area contributed by atoms with Gasteiger partial charge in [0.2, 0.25) is 5.52 Å². The molecule has 2 aromatic carbocycles. The molecule has 2 heterocycles. The van der Waals surface area contributed by atoms with E-state index >= 15 is 0 Å². The number of hydrogen-bond acceptors (Lipinski definition) is 9. The molecular formula is C26H29N2O6S4-. The standard InChI is InChI=1S/C26H30N2O6S4/c1-18(16-25-27(14-12-19(2)37(29,30)31)21-8-4-6-10-23(21)35-25)17-26-28(15-13-20(3)38(32,33)34)22-9-5-7-11-24(22)36-26/h4-11,16-17,19-20H,12-15H2,1-3H3,(H-,29,30,31,32,33,34)/p-1. The summed E-state index contributed by atoms with van der Waals surface area (Å²) in [5, 5.41) is -0.129. The topological polar surface area (TPSA) is 122 Å². The van der Waals surface area contributed by atoms with Gasteiger partial charge in [-0.25, -0.2) is 16.8 Å². The fraction of sp³-hybridized carbons (Fsp3) is 0.346. The molecule has 0 amide bonds. The van der Waals surface area contributed by atoms with Gasteiger partial charge in [0.1, 0.15) is 4.70 Å². The largest absolute Gasteiger partial charge is 0.748 e. The van der Waals surface area contributed by atoms with Crippen molar-refractivity contribution in [2.75, 3.05) is 11.4 Å². The highest BCUT2D eigenvalue weighted by Gasteiger charge is 2.26. The number of fused-ring (bicyclic) bond motifs is 2. The Morgan fingerprint density at radius 1 is 0.974 bits per heavy atom. The van der Waals surface area contributed by atoms with Crippen molar-refractivity contribution in [2.45, 2.75) is 55.6 Å². The second-order valence-corrected chi connectivity index (χ2v) is 15.0. The van der Waals surface area contributed by atoms with Gasteiger partial charge in [-0.3, -0.25) is 0 Å². The van der Waals surface area contributed by atoms with E-state index in [4.69, 9.17) is 0 Å². The fourth-order valence-electron chi connectivity index (χ4n) is 4.12. The van der Waals surface area contributed by atoms with Gasteiger partial charge in [0, 0.05) is 35.3 Å². The minimum atomic E-state index is -4.36. The van der Waals surface area contributed by atoms with Crippen molar-refractivity contribution < 1.29 is 30.5 Å². The molecule has 2 unspecified atom stereocenters. The molecule has 12 heteroatoms. The zero-order chi connectivity index (χ0) is 27.7. The number of hydrogen-bond donors (Lipinski definition) is 0. The van der Waals surface area contributed by atoms with E-state index in [0.29, 0.717) is 13.1 Å². The average Bonchev–Trinajstić information content (AvgIpc) is 3.36. The molecule has 4 rings (SSSR count). The molecule has 1 aliphatic heterocycles. The fourth-order valence-corrected chi connectivity index (χ4v) is 7.31. The molecule has 0 radical (unpaired) electrons. The number of nitrogens with zero attached hydrogens (tertiary/aromatic N) is 2. The maximum Gasteiger partial charge on any atom is 0.263 e. The summed E-state index contributed by atoms with van der Waals surface area (Å²) in [6.07, 6.45) is 4.47. The Kier molecular flexibility index (Phi) is 8.70. The summed E-state index contributed by atoms with van der Waals surface area (Å²) in [5.74, 6) is 0. The van der Waals surface area contributed by atoms with Crippen LogP contribution in [-0.2, 0) is 26.8 Å². The molecule has 1 aliphatic rings. The Bertz CT molecular complexity index is 1610. The third-order valence-corrected chi connectivity index (χ3v) is 11.1. The van der Waals surface area contributed by atoms with Crippen molar-refractivity contribution in [3.8, 4) is 0 Å². The van der Waals surface area contributed by atoms with Crippen LogP contribution in [0.25, 0.3) is 16.3 Å². The van der Waals surface area contributed by atoms with E-state index in [1.54, 1.807) is 23.1 Å². The lowest BCUT2D eigenvalue weighted by Crippen LogP contribution is -2.37. The summed E-state index contributed by atoms with van der Waals surface area (Å²) in [5.41, 5.74) is 2.88. The van der Waals surface area contributed by atoms with Crippen LogP contribution in [0.15, 0.2) is 70.1 Å². The van der Waals surface area contributed by atoms with E-state index in [1.165, 1.54) is 13.8 Å². The van der Waals surface area contributed by atoms with Crippen molar-refractivity contribution in [1.29, 1.82) is 0 Å². The Morgan fingerprint density at radius 2 is 1.61 bits per heavy atom. The van der Waals surface area contributed by atoms with Crippen molar-refractivity contribution in [1.82, 2.24) is 0 Å². The van der Waals surface area contributed by atoms with Crippen LogP contribution in [0.2, 0.25) is 0 Å². The molecule has 2 atom stereocenters. The second kappa shape index (κ2) is 11.5. The van der Waals surface area contributed by atoms with E-state index < -0.39 is 30.7 Å². The number of benzene rings is 2. The van der Waals surface area contributed by atoms with E-state index in [-0.39, 0.29) is 12.8 Å². The van der Waals surface area contributed by atoms with Gasteiger partial charge in [-0.2, -0.15) is 4.57 Å². The van der Waals surface area contributed by atoms with Gasteiger partial charge in [0.25, 0.3) is 5.01 Å². The van der Waals surface area contributed by atoms with Crippen molar-refractivity contribution >= 4 is 65.3 Å². The zero-order valence-corrected chi connectivity index (χ0v) is 24.5. The molecule has 0 bridgehead atoms. The monoisotopic (exact) mass is 593 g/mol. The summed E-state index contributed by atoms with van der Waals surface area (Å²) in [4.78, 5) is 3.09. The van der Waals surface area contributed by atoms with E-state index in [1.807, 2.05) is 77.1 Å². The first-order valence-corrected chi connectivity index (χ1v) is 16.7. The highest BCUT2D eigenvalue weighted by Crippen LogP contribution is 2.46. The number of aromatic nitrogens is 1. The smallest absolute Gasteiger partial charge is 0.263 e. The maximum absolute atomic E-state index is 11.4. The number of thioether (sulfide) groups is 1. The Hall–Kier alpha value is -2.22. The van der Waals surface area contributed by atoms with Crippen LogP contribution in [0, 0.1) is 0 Å². The van der Waals surface area contributed by atoms with Crippen LogP contribution in [0.4, 0.5) is 5.69 Å². The Morgan fingerprint density at radius 3 is 2.32 bits per heavy atom. The van der Waals surface area contributed by atoms with Crippen LogP contribution in [0.1, 0.15) is 38.6 Å². The predicted molar refractivity (Wildman–Crippen MR) is 151 cm³/mol. The highest BCUT2D eigenvalue weighted by atomic mass is 32.2. The molecule has 204 valence electrons. The van der Waals surface area contributed by atoms with Crippen LogP contribution < -0.4 is 9.47 Å². The van der Waals surface area contributed by atoms with Crippen LogP contribution >= 0.6 is 23.1 Å². The molecule has 0 aliphatic carbocycles. The summed E-state index contributed by atoms with van der Waals surface area (Å²) < 4.78 is 71.8. The third kappa shape index (κ3) is 6.67. The minimum Gasteiger partial charge on any atom is -0.748 e. The normalized spacial score (nSPS) is 17.2. The van der Waals surface area contributed by atoms with E-state index in [2.05, 4.69) is 0 Å².